The van der Waals surface area contributed by atoms with Crippen molar-refractivity contribution in [3.05, 3.63) is 0 Å². The highest BCUT2D eigenvalue weighted by Crippen LogP contribution is 2.21. The Morgan fingerprint density at radius 1 is 0.315 bits per heavy atom. The van der Waals surface area contributed by atoms with Crippen molar-refractivity contribution in [2.75, 3.05) is 26.7 Å². The van der Waals surface area contributed by atoms with Gasteiger partial charge in [0.2, 0.25) is 41.4 Å². The highest BCUT2D eigenvalue weighted by molar-refractivity contribution is 5.94. The molecule has 0 heterocycles. The van der Waals surface area contributed by atoms with Gasteiger partial charge in [-0.2, -0.15) is 0 Å². The number of carbonyl (C=O) groups excluding carboxylic acids is 7. The first kappa shape index (κ1) is 69.3. The zero-order valence-corrected chi connectivity index (χ0v) is 48.4. The SMILES string of the molecule is CCCCCCCCCCCCCCCCC(CCCCCCCCCCCCCCCC)C(=O)NCC(=O)N[C@@H](CC(C)C)C(=O)NCC(=O)N[C@@H](CC(C)C)C(=O)NCC(=O)N[C@@H](CC(C)C)C(=O)NC. The first-order chi connectivity index (χ1) is 35.0. The van der Waals surface area contributed by atoms with Crippen molar-refractivity contribution in [1.29, 1.82) is 0 Å². The lowest BCUT2D eigenvalue weighted by Gasteiger charge is -2.23. The van der Waals surface area contributed by atoms with E-state index in [0.29, 0.717) is 12.8 Å². The summed E-state index contributed by atoms with van der Waals surface area (Å²) in [6, 6.07) is -2.67. The monoisotopic (exact) mass is 1030 g/mol. The smallest absolute Gasteiger partial charge is 0.243 e. The van der Waals surface area contributed by atoms with E-state index in [-0.39, 0.29) is 55.0 Å². The van der Waals surface area contributed by atoms with Crippen LogP contribution >= 0.6 is 0 Å². The van der Waals surface area contributed by atoms with Gasteiger partial charge in [-0.25, -0.2) is 0 Å². The third-order valence-electron chi connectivity index (χ3n) is 13.8. The highest BCUT2D eigenvalue weighted by atomic mass is 16.2. The summed E-state index contributed by atoms with van der Waals surface area (Å²) in [5.41, 5.74) is 0. The summed E-state index contributed by atoms with van der Waals surface area (Å²) >= 11 is 0. The number of nitrogens with one attached hydrogen (secondary N) is 7. The average molecular weight is 1030 g/mol. The number of hydrogen-bond donors (Lipinski definition) is 7. The molecule has 0 aromatic rings. The van der Waals surface area contributed by atoms with Crippen molar-refractivity contribution in [2.24, 2.45) is 23.7 Å². The lowest BCUT2D eigenvalue weighted by atomic mass is 9.93. The summed E-state index contributed by atoms with van der Waals surface area (Å²) in [5.74, 6) is -3.16. The molecule has 0 unspecified atom stereocenters. The Morgan fingerprint density at radius 3 is 0.795 bits per heavy atom. The summed E-state index contributed by atoms with van der Waals surface area (Å²) in [6.07, 6.45) is 38.5. The largest absolute Gasteiger partial charge is 0.357 e. The minimum atomic E-state index is -0.982. The summed E-state index contributed by atoms with van der Waals surface area (Å²) in [5, 5.41) is 18.7. The number of likely N-dealkylation sites (N-methyl/N-ethyl adjacent to an activating group) is 1. The molecule has 0 aliphatic heterocycles. The van der Waals surface area contributed by atoms with E-state index in [1.54, 1.807) is 0 Å². The van der Waals surface area contributed by atoms with E-state index >= 15 is 0 Å². The van der Waals surface area contributed by atoms with Crippen LogP contribution in [0.4, 0.5) is 0 Å². The maximum atomic E-state index is 13.7. The number of unbranched alkanes of at least 4 members (excludes halogenated alkanes) is 26. The van der Waals surface area contributed by atoms with Gasteiger partial charge in [0, 0.05) is 13.0 Å². The molecule has 0 aliphatic rings. The molecule has 0 spiro atoms. The molecule has 0 saturated heterocycles. The van der Waals surface area contributed by atoms with Gasteiger partial charge in [0.15, 0.2) is 0 Å². The second-order valence-electron chi connectivity index (χ2n) is 22.5. The van der Waals surface area contributed by atoms with Crippen LogP contribution in [-0.2, 0) is 33.6 Å². The number of hydrogen-bond acceptors (Lipinski definition) is 7. The van der Waals surface area contributed by atoms with Gasteiger partial charge in [-0.15, -0.1) is 0 Å². The molecule has 0 rings (SSSR count). The predicted octanol–water partition coefficient (Wildman–Crippen LogP) is 11.0. The Kier molecular flexibility index (Phi) is 44.4. The molecular formula is C59H113N7O7. The molecule has 73 heavy (non-hydrogen) atoms. The zero-order valence-electron chi connectivity index (χ0n) is 48.4. The summed E-state index contributed by atoms with van der Waals surface area (Å²) in [7, 11) is 1.49. The minimum absolute atomic E-state index is 0.0117. The first-order valence-corrected chi connectivity index (χ1v) is 30.0. The van der Waals surface area contributed by atoms with Crippen LogP contribution in [0.2, 0.25) is 0 Å². The maximum Gasteiger partial charge on any atom is 0.243 e. The quantitative estimate of drug-likeness (QED) is 0.0294. The van der Waals surface area contributed by atoms with E-state index in [0.717, 1.165) is 38.5 Å². The normalized spacial score (nSPS) is 12.7. The van der Waals surface area contributed by atoms with Crippen molar-refractivity contribution in [3.63, 3.8) is 0 Å². The standard InChI is InChI=1S/C59H113N7O7/c1-10-12-14-16-18-20-22-24-26-28-30-32-34-36-38-49(39-37-35-33-31-29-27-25-23-21-19-17-15-13-11-2)56(70)61-43-53(67)65-51(41-47(5)6)58(72)63-45-55(69)66-52(42-48(7)8)59(73)62-44-54(68)64-50(40-46(3)4)57(71)60-9/h46-52H,10-45H2,1-9H3,(H,60,71)(H,61,70)(H,62,73)(H,63,72)(H,64,68)(H,65,67)(H,66,69)/t50-,51-,52-/m0/s1. The molecular weight excluding hydrogens is 919 g/mol. The Morgan fingerprint density at radius 2 is 0.548 bits per heavy atom. The van der Waals surface area contributed by atoms with E-state index in [1.165, 1.54) is 161 Å². The lowest BCUT2D eigenvalue weighted by Crippen LogP contribution is -2.54. The first-order valence-electron chi connectivity index (χ1n) is 30.0. The third kappa shape index (κ3) is 41.3. The number of rotatable bonds is 49. The second-order valence-corrected chi connectivity index (χ2v) is 22.5. The summed E-state index contributed by atoms with van der Waals surface area (Å²) < 4.78 is 0. The lowest BCUT2D eigenvalue weighted by molar-refractivity contribution is -0.133. The van der Waals surface area contributed by atoms with E-state index in [9.17, 15) is 33.6 Å². The average Bonchev–Trinajstić information content (AvgIpc) is 3.34. The molecule has 14 heteroatoms. The van der Waals surface area contributed by atoms with E-state index in [1.807, 2.05) is 41.5 Å². The Hall–Kier alpha value is -3.71. The van der Waals surface area contributed by atoms with Crippen LogP contribution in [0.1, 0.15) is 267 Å². The molecule has 0 aliphatic carbocycles. The van der Waals surface area contributed by atoms with Crippen LogP contribution in [0.3, 0.4) is 0 Å². The van der Waals surface area contributed by atoms with Gasteiger partial charge in [0.25, 0.3) is 0 Å². The Labute approximate surface area is 446 Å². The van der Waals surface area contributed by atoms with Gasteiger partial charge in [-0.05, 0) is 49.9 Å². The molecule has 3 atom stereocenters. The third-order valence-corrected chi connectivity index (χ3v) is 13.8. The molecule has 0 saturated carbocycles. The van der Waals surface area contributed by atoms with Crippen LogP contribution in [0.5, 0.6) is 0 Å². The second kappa shape index (κ2) is 46.8. The van der Waals surface area contributed by atoms with Crippen molar-refractivity contribution in [2.45, 2.75) is 285 Å². The summed E-state index contributed by atoms with van der Waals surface area (Å²) in [4.78, 5) is 91.7. The van der Waals surface area contributed by atoms with Crippen LogP contribution in [0.25, 0.3) is 0 Å². The van der Waals surface area contributed by atoms with Crippen LogP contribution in [0, 0.1) is 23.7 Å². The molecule has 0 aromatic heterocycles. The van der Waals surface area contributed by atoms with Gasteiger partial charge in [0.1, 0.15) is 18.1 Å². The highest BCUT2D eigenvalue weighted by Gasteiger charge is 2.27. The molecule has 0 fully saturated rings. The molecule has 0 aromatic carbocycles. The van der Waals surface area contributed by atoms with Crippen LogP contribution in [-0.4, -0.2) is 86.2 Å². The van der Waals surface area contributed by atoms with Gasteiger partial charge < -0.3 is 37.2 Å². The zero-order chi connectivity index (χ0) is 54.5. The van der Waals surface area contributed by atoms with Gasteiger partial charge in [0.05, 0.1) is 19.6 Å². The molecule has 7 amide bonds. The van der Waals surface area contributed by atoms with Crippen LogP contribution < -0.4 is 37.2 Å². The summed E-state index contributed by atoms with van der Waals surface area (Å²) in [6.45, 7) is 15.0. The van der Waals surface area contributed by atoms with Gasteiger partial charge in [-0.1, -0.05) is 235 Å². The Bertz CT molecular complexity index is 1430. The minimum Gasteiger partial charge on any atom is -0.357 e. The molecule has 7 N–H and O–H groups in total. The van der Waals surface area contributed by atoms with Crippen molar-refractivity contribution in [3.8, 4) is 0 Å². The van der Waals surface area contributed by atoms with Crippen molar-refractivity contribution >= 4 is 41.4 Å². The molecule has 0 bridgehead atoms. The number of carbonyl (C=O) groups is 7. The number of amides is 7. The van der Waals surface area contributed by atoms with E-state index in [2.05, 4.69) is 51.1 Å². The fourth-order valence-corrected chi connectivity index (χ4v) is 9.49. The van der Waals surface area contributed by atoms with E-state index in [4.69, 9.17) is 0 Å². The molecule has 426 valence electrons. The fourth-order valence-electron chi connectivity index (χ4n) is 9.49. The molecule has 0 radical (unpaired) electrons. The van der Waals surface area contributed by atoms with Crippen molar-refractivity contribution < 1.29 is 33.6 Å². The van der Waals surface area contributed by atoms with Crippen LogP contribution in [0.15, 0.2) is 0 Å². The topological polar surface area (TPSA) is 204 Å². The maximum absolute atomic E-state index is 13.7. The van der Waals surface area contributed by atoms with Gasteiger partial charge >= 0.3 is 0 Å². The predicted molar refractivity (Wildman–Crippen MR) is 301 cm³/mol. The van der Waals surface area contributed by atoms with E-state index < -0.39 is 54.2 Å². The van der Waals surface area contributed by atoms with Crippen molar-refractivity contribution in [1.82, 2.24) is 37.2 Å². The Balaban J connectivity index is 5.22. The fraction of sp³-hybridized carbons (Fsp3) is 0.881. The molecule has 14 nitrogen and oxygen atoms in total. The van der Waals surface area contributed by atoms with Gasteiger partial charge in [-0.3, -0.25) is 33.6 Å².